The molecule has 3 aromatic rings. The van der Waals surface area contributed by atoms with E-state index < -0.39 is 5.67 Å². The highest BCUT2D eigenvalue weighted by atomic mass is 19.1. The van der Waals surface area contributed by atoms with Crippen molar-refractivity contribution in [3.05, 3.63) is 93.8 Å². The van der Waals surface area contributed by atoms with Crippen LogP contribution >= 0.6 is 0 Å². The predicted octanol–water partition coefficient (Wildman–Crippen LogP) is 4.58. The topological polar surface area (TPSA) is 107 Å². The van der Waals surface area contributed by atoms with Crippen LogP contribution in [-0.2, 0) is 10.4 Å². The van der Waals surface area contributed by atoms with E-state index >= 15 is 4.39 Å². The Balaban J connectivity index is 1.31. The average molecular weight is 542 g/mol. The van der Waals surface area contributed by atoms with E-state index in [1.165, 1.54) is 0 Å². The van der Waals surface area contributed by atoms with Gasteiger partial charge in [0.15, 0.2) is 0 Å². The molecule has 0 aliphatic carbocycles. The van der Waals surface area contributed by atoms with E-state index in [1.807, 2.05) is 26.0 Å². The number of benzene rings is 2. The van der Waals surface area contributed by atoms with Crippen LogP contribution in [0.3, 0.4) is 0 Å². The maximum Gasteiger partial charge on any atom is 0.257 e. The van der Waals surface area contributed by atoms with Crippen molar-refractivity contribution in [2.45, 2.75) is 38.5 Å². The number of hydrogen-bond acceptors (Lipinski definition) is 6. The molecule has 2 aliphatic rings. The van der Waals surface area contributed by atoms with Crippen LogP contribution in [-0.4, -0.2) is 54.5 Å². The number of anilines is 1. The van der Waals surface area contributed by atoms with Crippen molar-refractivity contribution in [1.29, 1.82) is 5.26 Å². The number of nitriles is 1. The predicted molar refractivity (Wildman–Crippen MR) is 149 cm³/mol. The lowest BCUT2D eigenvalue weighted by atomic mass is 9.85. The van der Waals surface area contributed by atoms with Crippen LogP contribution < -0.4 is 10.6 Å². The van der Waals surface area contributed by atoms with Crippen LogP contribution in [0.5, 0.6) is 0 Å². The van der Waals surface area contributed by atoms with Gasteiger partial charge in [-0.1, -0.05) is 12.1 Å². The molecule has 2 saturated heterocycles. The van der Waals surface area contributed by atoms with Gasteiger partial charge in [0.05, 0.1) is 29.5 Å². The number of morpholine rings is 1. The third-order valence-electron chi connectivity index (χ3n) is 7.85. The lowest BCUT2D eigenvalue weighted by Crippen LogP contribution is -2.43. The Hall–Kier alpha value is -4.13. The van der Waals surface area contributed by atoms with Crippen LogP contribution in [0.4, 0.5) is 10.1 Å². The second kappa shape index (κ2) is 11.5. The smallest absolute Gasteiger partial charge is 0.257 e. The van der Waals surface area contributed by atoms with Gasteiger partial charge in [0.2, 0.25) is 0 Å². The summed E-state index contributed by atoms with van der Waals surface area (Å²) in [6, 6.07) is 15.5. The highest BCUT2D eigenvalue weighted by Gasteiger charge is 2.38. The van der Waals surface area contributed by atoms with Gasteiger partial charge >= 0.3 is 0 Å². The van der Waals surface area contributed by atoms with E-state index in [2.05, 4.69) is 15.6 Å². The molecule has 3 heterocycles. The van der Waals surface area contributed by atoms with Crippen LogP contribution in [0.15, 0.2) is 54.7 Å². The van der Waals surface area contributed by atoms with Gasteiger partial charge in [-0.15, -0.1) is 0 Å². The van der Waals surface area contributed by atoms with E-state index in [4.69, 9.17) is 10.00 Å². The normalized spacial score (nSPS) is 18.6. The number of aromatic nitrogens is 1. The summed E-state index contributed by atoms with van der Waals surface area (Å²) in [7, 11) is 0. The molecule has 9 heteroatoms. The van der Waals surface area contributed by atoms with Crippen molar-refractivity contribution in [1.82, 2.24) is 15.2 Å². The molecule has 0 saturated carbocycles. The number of hydrogen-bond donors (Lipinski definition) is 2. The number of pyridine rings is 1. The summed E-state index contributed by atoms with van der Waals surface area (Å²) in [6.07, 6.45) is 1.66. The molecule has 1 atom stereocenters. The van der Waals surface area contributed by atoms with Crippen molar-refractivity contribution < 1.29 is 18.7 Å². The molecule has 1 aromatic heterocycles. The number of piperidine rings is 1. The monoisotopic (exact) mass is 541 g/mol. The summed E-state index contributed by atoms with van der Waals surface area (Å²) in [5.74, 6) is -0.531. The van der Waals surface area contributed by atoms with Crippen molar-refractivity contribution in [2.75, 3.05) is 38.1 Å². The van der Waals surface area contributed by atoms with Gasteiger partial charge in [-0.2, -0.15) is 5.26 Å². The van der Waals surface area contributed by atoms with Crippen molar-refractivity contribution in [3.63, 3.8) is 0 Å². The SMILES string of the molecule is Cc1cc(C(=O)N2CCC(F)(c3ccc(C#N)cc3)CC2)cc(NC(=O)c2cccnc2C2CNCCO2)c1C. The van der Waals surface area contributed by atoms with Crippen LogP contribution in [0.1, 0.15) is 67.6 Å². The number of alkyl halides is 1. The number of carbonyl (C=O) groups excluding carboxylic acids is 2. The number of amides is 2. The molecule has 2 amide bonds. The maximum absolute atomic E-state index is 15.7. The third-order valence-corrected chi connectivity index (χ3v) is 7.85. The fraction of sp³-hybridized carbons (Fsp3) is 0.355. The maximum atomic E-state index is 15.7. The second-order valence-electron chi connectivity index (χ2n) is 10.4. The van der Waals surface area contributed by atoms with Gasteiger partial charge in [0, 0.05) is 56.5 Å². The minimum absolute atomic E-state index is 0.168. The molecule has 5 rings (SSSR count). The lowest BCUT2D eigenvalue weighted by molar-refractivity contribution is 0.0244. The fourth-order valence-corrected chi connectivity index (χ4v) is 5.29. The first-order chi connectivity index (χ1) is 19.3. The number of rotatable bonds is 5. The number of halogens is 1. The van der Waals surface area contributed by atoms with Crippen molar-refractivity contribution in [3.8, 4) is 6.07 Å². The number of ether oxygens (including phenoxy) is 1. The molecule has 8 nitrogen and oxygen atoms in total. The van der Waals surface area contributed by atoms with E-state index in [0.29, 0.717) is 46.8 Å². The molecule has 2 fully saturated rings. The van der Waals surface area contributed by atoms with E-state index in [-0.39, 0.29) is 43.8 Å². The highest BCUT2D eigenvalue weighted by Crippen LogP contribution is 2.37. The summed E-state index contributed by atoms with van der Waals surface area (Å²) in [5.41, 5.74) is 3.15. The Labute approximate surface area is 233 Å². The summed E-state index contributed by atoms with van der Waals surface area (Å²) >= 11 is 0. The van der Waals surface area contributed by atoms with Crippen LogP contribution in [0.2, 0.25) is 0 Å². The number of likely N-dealkylation sites (tertiary alicyclic amines) is 1. The van der Waals surface area contributed by atoms with E-state index in [1.54, 1.807) is 53.6 Å². The summed E-state index contributed by atoms with van der Waals surface area (Å²) < 4.78 is 21.6. The molecule has 206 valence electrons. The number of carbonyl (C=O) groups is 2. The molecule has 2 N–H and O–H groups in total. The minimum atomic E-state index is -1.55. The quantitative estimate of drug-likeness (QED) is 0.490. The largest absolute Gasteiger partial charge is 0.369 e. The first-order valence-electron chi connectivity index (χ1n) is 13.5. The van der Waals surface area contributed by atoms with Crippen molar-refractivity contribution >= 4 is 17.5 Å². The van der Waals surface area contributed by atoms with Gasteiger partial charge in [-0.3, -0.25) is 14.6 Å². The Kier molecular flexibility index (Phi) is 7.92. The molecular weight excluding hydrogens is 509 g/mol. The van der Waals surface area contributed by atoms with Gasteiger partial charge in [0.25, 0.3) is 11.8 Å². The molecule has 2 aromatic carbocycles. The zero-order valence-electron chi connectivity index (χ0n) is 22.7. The van der Waals surface area contributed by atoms with E-state index in [0.717, 1.165) is 17.7 Å². The van der Waals surface area contributed by atoms with Gasteiger partial charge < -0.3 is 20.3 Å². The molecule has 0 bridgehead atoms. The number of nitrogens with one attached hydrogen (secondary N) is 2. The summed E-state index contributed by atoms with van der Waals surface area (Å²) in [5, 5.41) is 15.3. The Bertz CT molecular complexity index is 1450. The molecule has 0 spiro atoms. The summed E-state index contributed by atoms with van der Waals surface area (Å²) in [6.45, 7) is 6.18. The summed E-state index contributed by atoms with van der Waals surface area (Å²) in [4.78, 5) is 33.0. The molecule has 40 heavy (non-hydrogen) atoms. The van der Waals surface area contributed by atoms with Crippen LogP contribution in [0.25, 0.3) is 0 Å². The molecule has 0 radical (unpaired) electrons. The van der Waals surface area contributed by atoms with Gasteiger partial charge in [-0.25, -0.2) is 4.39 Å². The third kappa shape index (κ3) is 5.60. The standard InChI is InChI=1S/C31H32FN5O3/c1-20-16-23(30(39)37-13-9-31(32,10-14-37)24-7-5-22(18-33)6-8-24)17-26(21(20)2)36-29(38)25-4-3-11-35-28(25)27-19-34-12-15-40-27/h3-8,11,16-17,27,34H,9-10,12-15,19H2,1-2H3,(H,36,38). The Morgan fingerprint density at radius 1 is 1.18 bits per heavy atom. The van der Waals surface area contributed by atoms with Gasteiger partial charge in [0.1, 0.15) is 11.8 Å². The minimum Gasteiger partial charge on any atom is -0.369 e. The zero-order chi connectivity index (χ0) is 28.3. The van der Waals surface area contributed by atoms with Gasteiger partial charge in [-0.05, 0) is 66.9 Å². The van der Waals surface area contributed by atoms with E-state index in [9.17, 15) is 9.59 Å². The molecule has 1 unspecified atom stereocenters. The Morgan fingerprint density at radius 3 is 2.60 bits per heavy atom. The second-order valence-corrected chi connectivity index (χ2v) is 10.4. The zero-order valence-corrected chi connectivity index (χ0v) is 22.7. The Morgan fingerprint density at radius 2 is 1.93 bits per heavy atom. The highest BCUT2D eigenvalue weighted by molar-refractivity contribution is 6.06. The number of nitrogens with zero attached hydrogens (tertiary/aromatic N) is 3. The molecular formula is C31H32FN5O3. The van der Waals surface area contributed by atoms with Crippen LogP contribution in [0, 0.1) is 25.2 Å². The molecule has 2 aliphatic heterocycles. The first-order valence-corrected chi connectivity index (χ1v) is 13.5. The lowest BCUT2D eigenvalue weighted by Gasteiger charge is -2.37. The first kappa shape index (κ1) is 27.4. The average Bonchev–Trinajstić information content (AvgIpc) is 2.99. The number of aryl methyl sites for hydroxylation is 1. The van der Waals surface area contributed by atoms with Crippen molar-refractivity contribution in [2.24, 2.45) is 0 Å². The fourth-order valence-electron chi connectivity index (χ4n) is 5.29.